The van der Waals surface area contributed by atoms with Crippen molar-refractivity contribution < 1.29 is 14.3 Å². The van der Waals surface area contributed by atoms with E-state index in [1.807, 2.05) is 48.2 Å². The predicted octanol–water partition coefficient (Wildman–Crippen LogP) is 3.37. The molecular formula is C22H26N2O3. The first-order chi connectivity index (χ1) is 13.1. The molecule has 1 aliphatic heterocycles. The summed E-state index contributed by atoms with van der Waals surface area (Å²) in [6.07, 6.45) is 3.48. The van der Waals surface area contributed by atoms with Crippen LogP contribution in [0.5, 0.6) is 11.5 Å². The molecule has 0 aromatic heterocycles. The number of anilines is 1. The summed E-state index contributed by atoms with van der Waals surface area (Å²) in [5, 5.41) is 0. The number of aryl methyl sites for hydroxylation is 1. The van der Waals surface area contributed by atoms with Crippen LogP contribution in [0.25, 0.3) is 6.08 Å². The van der Waals surface area contributed by atoms with Gasteiger partial charge in [0, 0.05) is 43.5 Å². The van der Waals surface area contributed by atoms with Crippen LogP contribution in [0.3, 0.4) is 0 Å². The highest BCUT2D eigenvalue weighted by Crippen LogP contribution is 2.22. The molecule has 27 heavy (non-hydrogen) atoms. The molecule has 1 saturated heterocycles. The van der Waals surface area contributed by atoms with E-state index in [-0.39, 0.29) is 5.91 Å². The lowest BCUT2D eigenvalue weighted by atomic mass is 10.1. The van der Waals surface area contributed by atoms with E-state index < -0.39 is 0 Å². The Morgan fingerprint density at radius 1 is 0.963 bits per heavy atom. The molecule has 1 heterocycles. The lowest BCUT2D eigenvalue weighted by molar-refractivity contribution is -0.126. The second kappa shape index (κ2) is 8.62. The highest BCUT2D eigenvalue weighted by Gasteiger charge is 2.20. The number of carbonyl (C=O) groups excluding carboxylic acids is 1. The van der Waals surface area contributed by atoms with Crippen LogP contribution in [-0.2, 0) is 4.79 Å². The Balaban J connectivity index is 1.59. The first kappa shape index (κ1) is 18.8. The third kappa shape index (κ3) is 4.61. The second-order valence-corrected chi connectivity index (χ2v) is 6.59. The Morgan fingerprint density at radius 3 is 2.30 bits per heavy atom. The van der Waals surface area contributed by atoms with Crippen molar-refractivity contribution in [3.63, 3.8) is 0 Å². The largest absolute Gasteiger partial charge is 0.497 e. The number of hydrogen-bond acceptors (Lipinski definition) is 4. The Labute approximate surface area is 160 Å². The van der Waals surface area contributed by atoms with Crippen molar-refractivity contribution in [2.24, 2.45) is 0 Å². The summed E-state index contributed by atoms with van der Waals surface area (Å²) < 4.78 is 10.6. The Bertz CT molecular complexity index is 807. The molecule has 0 spiro atoms. The van der Waals surface area contributed by atoms with Gasteiger partial charge in [0.1, 0.15) is 11.5 Å². The predicted molar refractivity (Wildman–Crippen MR) is 109 cm³/mol. The van der Waals surface area contributed by atoms with Crippen molar-refractivity contribution in [3.8, 4) is 11.5 Å². The average Bonchev–Trinajstić information content (AvgIpc) is 2.72. The molecule has 0 radical (unpaired) electrons. The second-order valence-electron chi connectivity index (χ2n) is 6.59. The molecule has 0 bridgehead atoms. The van der Waals surface area contributed by atoms with Crippen LogP contribution in [0.2, 0.25) is 0 Å². The van der Waals surface area contributed by atoms with Crippen molar-refractivity contribution in [2.45, 2.75) is 6.92 Å². The van der Waals surface area contributed by atoms with Crippen LogP contribution in [0.4, 0.5) is 5.69 Å². The molecule has 142 valence electrons. The molecule has 5 heteroatoms. The molecule has 0 saturated carbocycles. The minimum atomic E-state index is 0.0351. The zero-order valence-electron chi connectivity index (χ0n) is 16.1. The summed E-state index contributed by atoms with van der Waals surface area (Å²) in [6, 6.07) is 14.0. The van der Waals surface area contributed by atoms with Gasteiger partial charge in [-0.05, 0) is 49.4 Å². The van der Waals surface area contributed by atoms with E-state index in [2.05, 4.69) is 17.0 Å². The normalized spacial score (nSPS) is 14.5. The molecule has 1 amide bonds. The molecule has 0 aliphatic carbocycles. The summed E-state index contributed by atoms with van der Waals surface area (Å²) in [6.45, 7) is 5.08. The Hall–Kier alpha value is -2.95. The zero-order valence-corrected chi connectivity index (χ0v) is 16.1. The highest BCUT2D eigenvalue weighted by molar-refractivity contribution is 5.92. The number of rotatable bonds is 5. The number of nitrogens with zero attached hydrogens (tertiary/aromatic N) is 2. The van der Waals surface area contributed by atoms with E-state index >= 15 is 0 Å². The summed E-state index contributed by atoms with van der Waals surface area (Å²) in [7, 11) is 3.31. The lowest BCUT2D eigenvalue weighted by Gasteiger charge is -2.35. The van der Waals surface area contributed by atoms with Crippen LogP contribution in [-0.4, -0.2) is 51.2 Å². The Kier molecular flexibility index (Phi) is 6.01. The van der Waals surface area contributed by atoms with Gasteiger partial charge in [-0.2, -0.15) is 0 Å². The number of amides is 1. The minimum absolute atomic E-state index is 0.0351. The average molecular weight is 366 g/mol. The van der Waals surface area contributed by atoms with Gasteiger partial charge in [-0.15, -0.1) is 0 Å². The number of benzene rings is 2. The van der Waals surface area contributed by atoms with Crippen LogP contribution < -0.4 is 14.4 Å². The molecule has 1 aliphatic rings. The molecule has 3 rings (SSSR count). The minimum Gasteiger partial charge on any atom is -0.497 e. The van der Waals surface area contributed by atoms with E-state index in [0.29, 0.717) is 13.1 Å². The van der Waals surface area contributed by atoms with E-state index in [9.17, 15) is 4.79 Å². The van der Waals surface area contributed by atoms with Crippen LogP contribution in [0.15, 0.2) is 48.5 Å². The molecule has 0 unspecified atom stereocenters. The third-order valence-corrected chi connectivity index (χ3v) is 4.82. The van der Waals surface area contributed by atoms with Gasteiger partial charge in [-0.1, -0.05) is 11.6 Å². The van der Waals surface area contributed by atoms with Gasteiger partial charge in [0.15, 0.2) is 0 Å². The van der Waals surface area contributed by atoms with Crippen molar-refractivity contribution in [1.29, 1.82) is 0 Å². The quantitative estimate of drug-likeness (QED) is 0.761. The van der Waals surface area contributed by atoms with Gasteiger partial charge in [0.25, 0.3) is 0 Å². The fraction of sp³-hybridized carbons (Fsp3) is 0.318. The van der Waals surface area contributed by atoms with Crippen LogP contribution in [0.1, 0.15) is 11.1 Å². The molecule has 5 nitrogen and oxygen atoms in total. The standard InChI is InChI=1S/C22H26N2O3/c1-17-4-10-21(27-3)18(16-17)5-11-22(25)24-14-12-23(13-15-24)19-6-8-20(26-2)9-7-19/h4-11,16H,12-15H2,1-3H3/b11-5+. The SMILES string of the molecule is COc1ccc(N2CCN(C(=O)/C=C/c3cc(C)ccc3OC)CC2)cc1. The topological polar surface area (TPSA) is 42.0 Å². The van der Waals surface area contributed by atoms with Crippen LogP contribution in [0, 0.1) is 6.92 Å². The van der Waals surface area contributed by atoms with Crippen molar-refractivity contribution >= 4 is 17.7 Å². The molecule has 0 atom stereocenters. The van der Waals surface area contributed by atoms with Gasteiger partial charge in [-0.3, -0.25) is 4.79 Å². The third-order valence-electron chi connectivity index (χ3n) is 4.82. The van der Waals surface area contributed by atoms with Crippen molar-refractivity contribution in [3.05, 3.63) is 59.7 Å². The van der Waals surface area contributed by atoms with Gasteiger partial charge in [0.05, 0.1) is 14.2 Å². The molecule has 1 fully saturated rings. The summed E-state index contributed by atoms with van der Waals surface area (Å²) in [5.74, 6) is 1.66. The number of methoxy groups -OCH3 is 2. The number of carbonyl (C=O) groups is 1. The maximum Gasteiger partial charge on any atom is 0.246 e. The monoisotopic (exact) mass is 366 g/mol. The van der Waals surface area contributed by atoms with Crippen LogP contribution >= 0.6 is 0 Å². The van der Waals surface area contributed by atoms with Gasteiger partial charge < -0.3 is 19.3 Å². The first-order valence-electron chi connectivity index (χ1n) is 9.11. The van der Waals surface area contributed by atoms with E-state index in [0.717, 1.165) is 41.4 Å². The summed E-state index contributed by atoms with van der Waals surface area (Å²) >= 11 is 0. The molecular weight excluding hydrogens is 340 g/mol. The first-order valence-corrected chi connectivity index (χ1v) is 9.11. The van der Waals surface area contributed by atoms with E-state index in [1.165, 1.54) is 0 Å². The maximum atomic E-state index is 12.5. The fourth-order valence-electron chi connectivity index (χ4n) is 3.23. The number of piperazine rings is 1. The fourth-order valence-corrected chi connectivity index (χ4v) is 3.23. The number of ether oxygens (including phenoxy) is 2. The van der Waals surface area contributed by atoms with E-state index in [4.69, 9.17) is 9.47 Å². The van der Waals surface area contributed by atoms with Gasteiger partial charge in [0.2, 0.25) is 5.91 Å². The van der Waals surface area contributed by atoms with Gasteiger partial charge >= 0.3 is 0 Å². The number of hydrogen-bond donors (Lipinski definition) is 0. The van der Waals surface area contributed by atoms with Crippen molar-refractivity contribution in [1.82, 2.24) is 4.90 Å². The van der Waals surface area contributed by atoms with Crippen molar-refractivity contribution in [2.75, 3.05) is 45.3 Å². The molecule has 2 aromatic rings. The van der Waals surface area contributed by atoms with E-state index in [1.54, 1.807) is 20.3 Å². The maximum absolute atomic E-state index is 12.5. The highest BCUT2D eigenvalue weighted by atomic mass is 16.5. The Morgan fingerprint density at radius 2 is 1.67 bits per heavy atom. The van der Waals surface area contributed by atoms with Gasteiger partial charge in [-0.25, -0.2) is 0 Å². The summed E-state index contributed by atoms with van der Waals surface area (Å²) in [4.78, 5) is 16.7. The zero-order chi connectivity index (χ0) is 19.2. The summed E-state index contributed by atoms with van der Waals surface area (Å²) in [5.41, 5.74) is 3.21. The molecule has 0 N–H and O–H groups in total. The lowest BCUT2D eigenvalue weighted by Crippen LogP contribution is -2.48. The smallest absolute Gasteiger partial charge is 0.246 e. The molecule has 2 aromatic carbocycles.